The third kappa shape index (κ3) is 2.10. The maximum absolute atomic E-state index is 13.8. The fourth-order valence-corrected chi connectivity index (χ4v) is 2.56. The molecule has 18 heavy (non-hydrogen) atoms. The highest BCUT2D eigenvalue weighted by atomic mass is 19.1. The van der Waals surface area contributed by atoms with Gasteiger partial charge in [0, 0.05) is 5.41 Å². The third-order valence-corrected chi connectivity index (χ3v) is 3.99. The van der Waals surface area contributed by atoms with Crippen molar-refractivity contribution in [1.29, 1.82) is 0 Å². The first-order chi connectivity index (χ1) is 8.64. The second-order valence-corrected chi connectivity index (χ2v) is 4.98. The van der Waals surface area contributed by atoms with Crippen LogP contribution >= 0.6 is 0 Å². The van der Waals surface area contributed by atoms with Crippen LogP contribution < -0.4 is 10.5 Å². The summed E-state index contributed by atoms with van der Waals surface area (Å²) in [6, 6.07) is 5.17. The van der Waals surface area contributed by atoms with E-state index < -0.39 is 0 Å². The van der Waals surface area contributed by atoms with Gasteiger partial charge in [-0.1, -0.05) is 13.0 Å². The van der Waals surface area contributed by atoms with E-state index in [0.29, 0.717) is 25.7 Å². The Morgan fingerprint density at radius 3 is 2.67 bits per heavy atom. The van der Waals surface area contributed by atoms with Crippen molar-refractivity contribution < 1.29 is 13.9 Å². The molecule has 0 bridgehead atoms. The van der Waals surface area contributed by atoms with Gasteiger partial charge in [-0.3, -0.25) is 0 Å². The van der Waals surface area contributed by atoms with Crippen LogP contribution in [0.25, 0.3) is 0 Å². The number of hydrogen-bond donors (Lipinski definition) is 1. The second kappa shape index (κ2) is 5.24. The Kier molecular flexibility index (Phi) is 3.88. The summed E-state index contributed by atoms with van der Waals surface area (Å²) in [5.74, 6) is 0.339. The molecule has 1 fully saturated rings. The maximum atomic E-state index is 13.8. The molecule has 0 saturated carbocycles. The summed E-state index contributed by atoms with van der Waals surface area (Å²) < 4.78 is 24.1. The molecule has 1 unspecified atom stereocenters. The molecule has 0 spiro atoms. The minimum Gasteiger partial charge on any atom is -0.494 e. The second-order valence-electron chi connectivity index (χ2n) is 4.98. The van der Waals surface area contributed by atoms with Gasteiger partial charge in [-0.05, 0) is 36.6 Å². The molecule has 4 heteroatoms. The monoisotopic (exact) mass is 253 g/mol. The largest absolute Gasteiger partial charge is 0.494 e. The Morgan fingerprint density at radius 2 is 2.22 bits per heavy atom. The maximum Gasteiger partial charge on any atom is 0.165 e. The summed E-state index contributed by atoms with van der Waals surface area (Å²) in [7, 11) is 1.47. The minimum absolute atomic E-state index is 0.0908. The lowest BCUT2D eigenvalue weighted by atomic mass is 9.68. The molecule has 1 atom stereocenters. The zero-order valence-electron chi connectivity index (χ0n) is 10.9. The summed E-state index contributed by atoms with van der Waals surface area (Å²) in [4.78, 5) is 0. The van der Waals surface area contributed by atoms with Crippen molar-refractivity contribution in [3.63, 3.8) is 0 Å². The number of ether oxygens (including phenoxy) is 2. The Morgan fingerprint density at radius 1 is 1.50 bits per heavy atom. The van der Waals surface area contributed by atoms with E-state index in [1.807, 2.05) is 6.07 Å². The highest BCUT2D eigenvalue weighted by Gasteiger charge is 2.44. The predicted molar refractivity (Wildman–Crippen MR) is 68.3 cm³/mol. The highest BCUT2D eigenvalue weighted by Crippen LogP contribution is 2.41. The highest BCUT2D eigenvalue weighted by molar-refractivity contribution is 5.36. The van der Waals surface area contributed by atoms with Crippen molar-refractivity contribution in [1.82, 2.24) is 0 Å². The van der Waals surface area contributed by atoms with E-state index >= 15 is 0 Å². The first-order valence-electron chi connectivity index (χ1n) is 6.26. The molecule has 0 amide bonds. The van der Waals surface area contributed by atoms with Gasteiger partial charge in [-0.15, -0.1) is 0 Å². The zero-order chi connectivity index (χ0) is 13.2. The molecule has 0 aromatic heterocycles. The summed E-state index contributed by atoms with van der Waals surface area (Å²) in [5, 5.41) is 0. The van der Waals surface area contributed by atoms with Crippen molar-refractivity contribution in [2.24, 2.45) is 11.7 Å². The normalized spacial score (nSPS) is 19.1. The van der Waals surface area contributed by atoms with Crippen molar-refractivity contribution in [3.8, 4) is 5.75 Å². The Hall–Kier alpha value is -1.13. The van der Waals surface area contributed by atoms with Crippen LogP contribution in [0.4, 0.5) is 4.39 Å². The van der Waals surface area contributed by atoms with Crippen LogP contribution in [0.2, 0.25) is 0 Å². The summed E-state index contributed by atoms with van der Waals surface area (Å²) in [6.07, 6.45) is 0.914. The average molecular weight is 253 g/mol. The number of halogens is 1. The van der Waals surface area contributed by atoms with Crippen LogP contribution in [0.5, 0.6) is 5.75 Å². The zero-order valence-corrected chi connectivity index (χ0v) is 10.9. The molecule has 3 nitrogen and oxygen atoms in total. The molecule has 0 radical (unpaired) electrons. The van der Waals surface area contributed by atoms with Gasteiger partial charge >= 0.3 is 0 Å². The molecule has 1 saturated heterocycles. The van der Waals surface area contributed by atoms with Gasteiger partial charge in [0.05, 0.1) is 20.3 Å². The van der Waals surface area contributed by atoms with E-state index in [1.165, 1.54) is 7.11 Å². The summed E-state index contributed by atoms with van der Waals surface area (Å²) in [5.41, 5.74) is 6.51. The average Bonchev–Trinajstić information content (AvgIpc) is 2.28. The third-order valence-electron chi connectivity index (χ3n) is 3.99. The lowest BCUT2D eigenvalue weighted by Gasteiger charge is -2.46. The molecule has 1 aliphatic heterocycles. The molecular formula is C14H20FNO2. The van der Waals surface area contributed by atoms with Gasteiger partial charge in [0.15, 0.2) is 11.6 Å². The minimum atomic E-state index is -0.318. The topological polar surface area (TPSA) is 44.5 Å². The molecule has 100 valence electrons. The van der Waals surface area contributed by atoms with E-state index in [4.69, 9.17) is 15.2 Å². The van der Waals surface area contributed by atoms with Crippen LogP contribution in [0.1, 0.15) is 18.9 Å². The number of hydrogen-bond acceptors (Lipinski definition) is 3. The molecule has 1 aromatic rings. The van der Waals surface area contributed by atoms with E-state index in [2.05, 4.69) is 6.92 Å². The van der Waals surface area contributed by atoms with Gasteiger partial charge in [0.25, 0.3) is 0 Å². The Balaban J connectivity index is 2.30. The molecule has 2 rings (SSSR count). The number of rotatable bonds is 5. The van der Waals surface area contributed by atoms with E-state index in [9.17, 15) is 4.39 Å². The van der Waals surface area contributed by atoms with E-state index in [1.54, 1.807) is 12.1 Å². The summed E-state index contributed by atoms with van der Waals surface area (Å²) >= 11 is 0. The number of nitrogens with two attached hydrogens (primary N) is 1. The lowest BCUT2D eigenvalue weighted by Crippen LogP contribution is -2.52. The SMILES string of the molecule is COc1ccc(C2(C(C)CCN)COC2)cc1F. The molecule has 2 N–H and O–H groups in total. The van der Waals surface area contributed by atoms with Gasteiger partial charge in [-0.25, -0.2) is 4.39 Å². The lowest BCUT2D eigenvalue weighted by molar-refractivity contribution is -0.0884. The summed E-state index contributed by atoms with van der Waals surface area (Å²) in [6.45, 7) is 4.07. The Labute approximate surface area is 107 Å². The van der Waals surface area contributed by atoms with Crippen LogP contribution in [-0.2, 0) is 10.2 Å². The van der Waals surface area contributed by atoms with Crippen molar-refractivity contribution in [3.05, 3.63) is 29.6 Å². The molecule has 0 aliphatic carbocycles. The van der Waals surface area contributed by atoms with Crippen molar-refractivity contribution in [2.75, 3.05) is 26.9 Å². The fraction of sp³-hybridized carbons (Fsp3) is 0.571. The smallest absolute Gasteiger partial charge is 0.165 e. The first-order valence-corrected chi connectivity index (χ1v) is 6.26. The van der Waals surface area contributed by atoms with Gasteiger partial charge in [-0.2, -0.15) is 0 Å². The quantitative estimate of drug-likeness (QED) is 0.874. The van der Waals surface area contributed by atoms with E-state index in [-0.39, 0.29) is 17.0 Å². The van der Waals surface area contributed by atoms with Gasteiger partial charge < -0.3 is 15.2 Å². The number of methoxy groups -OCH3 is 1. The van der Waals surface area contributed by atoms with E-state index in [0.717, 1.165) is 12.0 Å². The van der Waals surface area contributed by atoms with Gasteiger partial charge in [0.2, 0.25) is 0 Å². The molecule has 1 aromatic carbocycles. The first kappa shape index (κ1) is 13.3. The van der Waals surface area contributed by atoms with Crippen molar-refractivity contribution >= 4 is 0 Å². The molecular weight excluding hydrogens is 233 g/mol. The van der Waals surface area contributed by atoms with Crippen LogP contribution in [0.3, 0.4) is 0 Å². The van der Waals surface area contributed by atoms with Crippen LogP contribution in [-0.4, -0.2) is 26.9 Å². The number of benzene rings is 1. The Bertz CT molecular complexity index is 418. The van der Waals surface area contributed by atoms with Crippen LogP contribution in [0, 0.1) is 11.7 Å². The molecule has 1 heterocycles. The fourth-order valence-electron chi connectivity index (χ4n) is 2.56. The predicted octanol–water partition coefficient (Wildman–Crippen LogP) is 2.09. The van der Waals surface area contributed by atoms with Crippen LogP contribution in [0.15, 0.2) is 18.2 Å². The standard InChI is InChI=1S/C14H20FNO2/c1-10(5-6-16)14(8-18-9-14)11-3-4-13(17-2)12(15)7-11/h3-4,7,10H,5-6,8-9,16H2,1-2H3. The van der Waals surface area contributed by atoms with Crippen molar-refractivity contribution in [2.45, 2.75) is 18.8 Å². The van der Waals surface area contributed by atoms with Gasteiger partial charge in [0.1, 0.15) is 0 Å². The molecule has 1 aliphatic rings.